The Hall–Kier alpha value is -0.650. The highest BCUT2D eigenvalue weighted by Crippen LogP contribution is 2.29. The summed E-state index contributed by atoms with van der Waals surface area (Å²) in [7, 11) is 1.64. The first kappa shape index (κ1) is 15.4. The van der Waals surface area contributed by atoms with Crippen molar-refractivity contribution in [2.24, 2.45) is 11.1 Å². The topological polar surface area (TPSA) is 67.6 Å². The van der Waals surface area contributed by atoms with E-state index in [4.69, 9.17) is 10.5 Å². The van der Waals surface area contributed by atoms with Gasteiger partial charge in [-0.1, -0.05) is 6.92 Å². The molecule has 0 aromatic heterocycles. The van der Waals surface area contributed by atoms with Gasteiger partial charge in [0.25, 0.3) is 0 Å². The van der Waals surface area contributed by atoms with Crippen LogP contribution in [0.4, 0.5) is 0 Å². The molecule has 18 heavy (non-hydrogen) atoms. The fraction of sp³-hybridized carbons (Fsp3) is 0.923. The zero-order valence-electron chi connectivity index (χ0n) is 11.9. The highest BCUT2D eigenvalue weighted by atomic mass is 16.5. The predicted molar refractivity (Wildman–Crippen MR) is 72.3 cm³/mol. The lowest BCUT2D eigenvalue weighted by molar-refractivity contribution is -0.123. The predicted octanol–water partition coefficient (Wildman–Crippen LogP) is 0.198. The maximum absolute atomic E-state index is 11.8. The Morgan fingerprint density at radius 1 is 1.50 bits per heavy atom. The molecule has 0 aliphatic carbocycles. The molecule has 0 bridgehead atoms. The summed E-state index contributed by atoms with van der Waals surface area (Å²) in [5.41, 5.74) is 6.03. The molecule has 0 spiro atoms. The number of hydrogen-bond donors (Lipinski definition) is 2. The molecule has 1 fully saturated rings. The van der Waals surface area contributed by atoms with Crippen molar-refractivity contribution in [1.82, 2.24) is 10.2 Å². The van der Waals surface area contributed by atoms with Gasteiger partial charge in [0.1, 0.15) is 0 Å². The second kappa shape index (κ2) is 7.07. The second-order valence-corrected chi connectivity index (χ2v) is 5.71. The van der Waals surface area contributed by atoms with E-state index in [-0.39, 0.29) is 17.4 Å². The minimum atomic E-state index is 0.0709. The van der Waals surface area contributed by atoms with Crippen molar-refractivity contribution < 1.29 is 9.53 Å². The van der Waals surface area contributed by atoms with Crippen molar-refractivity contribution in [3.05, 3.63) is 0 Å². The van der Waals surface area contributed by atoms with Crippen molar-refractivity contribution in [2.45, 2.75) is 32.7 Å². The van der Waals surface area contributed by atoms with E-state index in [0.717, 1.165) is 32.5 Å². The number of hydrogen-bond acceptors (Lipinski definition) is 4. The fourth-order valence-electron chi connectivity index (χ4n) is 2.27. The highest BCUT2D eigenvalue weighted by molar-refractivity contribution is 5.78. The van der Waals surface area contributed by atoms with Gasteiger partial charge in [-0.2, -0.15) is 0 Å². The number of piperidine rings is 1. The van der Waals surface area contributed by atoms with E-state index < -0.39 is 0 Å². The molecule has 1 rings (SSSR count). The van der Waals surface area contributed by atoms with Gasteiger partial charge in [0.2, 0.25) is 5.91 Å². The summed E-state index contributed by atoms with van der Waals surface area (Å²) in [5.74, 6) is 0.0795. The van der Waals surface area contributed by atoms with Crippen molar-refractivity contribution in [1.29, 1.82) is 0 Å². The average molecular weight is 257 g/mol. The lowest BCUT2D eigenvalue weighted by Crippen LogP contribution is -2.47. The van der Waals surface area contributed by atoms with Crippen LogP contribution in [0.25, 0.3) is 0 Å². The molecule has 1 unspecified atom stereocenters. The molecule has 0 saturated carbocycles. The highest BCUT2D eigenvalue weighted by Gasteiger charge is 2.29. The molecular formula is C13H27N3O2. The van der Waals surface area contributed by atoms with Crippen LogP contribution in [0.1, 0.15) is 26.7 Å². The number of methoxy groups -OCH3 is 1. The molecule has 0 aromatic rings. The van der Waals surface area contributed by atoms with E-state index in [2.05, 4.69) is 17.1 Å². The molecular weight excluding hydrogens is 230 g/mol. The van der Waals surface area contributed by atoms with Crippen molar-refractivity contribution in [3.63, 3.8) is 0 Å². The number of nitrogens with two attached hydrogens (primary N) is 1. The largest absolute Gasteiger partial charge is 0.383 e. The van der Waals surface area contributed by atoms with Crippen LogP contribution in [0.15, 0.2) is 0 Å². The summed E-state index contributed by atoms with van der Waals surface area (Å²) in [6.07, 6.45) is 2.15. The minimum Gasteiger partial charge on any atom is -0.383 e. The van der Waals surface area contributed by atoms with Crippen LogP contribution in [0.2, 0.25) is 0 Å². The Kier molecular flexibility index (Phi) is 6.05. The van der Waals surface area contributed by atoms with Crippen LogP contribution in [0.5, 0.6) is 0 Å². The maximum atomic E-state index is 11.8. The zero-order valence-corrected chi connectivity index (χ0v) is 11.9. The first-order valence-electron chi connectivity index (χ1n) is 6.70. The third-order valence-electron chi connectivity index (χ3n) is 3.75. The van der Waals surface area contributed by atoms with Crippen molar-refractivity contribution in [2.75, 3.05) is 39.9 Å². The van der Waals surface area contributed by atoms with Crippen molar-refractivity contribution in [3.8, 4) is 0 Å². The van der Waals surface area contributed by atoms with Crippen LogP contribution in [-0.4, -0.2) is 56.7 Å². The smallest absolute Gasteiger partial charge is 0.234 e. The Bertz CT molecular complexity index is 263. The molecule has 1 aliphatic heterocycles. The monoisotopic (exact) mass is 257 g/mol. The Morgan fingerprint density at radius 2 is 2.11 bits per heavy atom. The van der Waals surface area contributed by atoms with Gasteiger partial charge >= 0.3 is 0 Å². The number of nitrogens with one attached hydrogen (secondary N) is 1. The SMILES string of the molecule is COCC(C)NC(=O)CN1CCC(C)(CN)CC1. The molecule has 106 valence electrons. The van der Waals surface area contributed by atoms with Gasteiger partial charge < -0.3 is 15.8 Å². The van der Waals surface area contributed by atoms with Gasteiger partial charge in [-0.3, -0.25) is 9.69 Å². The van der Waals surface area contributed by atoms with E-state index in [0.29, 0.717) is 13.2 Å². The number of ether oxygens (including phenoxy) is 1. The van der Waals surface area contributed by atoms with Gasteiger partial charge in [-0.05, 0) is 44.8 Å². The molecule has 5 nitrogen and oxygen atoms in total. The third-order valence-corrected chi connectivity index (χ3v) is 3.75. The van der Waals surface area contributed by atoms with Crippen LogP contribution < -0.4 is 11.1 Å². The molecule has 0 aromatic carbocycles. The molecule has 1 amide bonds. The summed E-state index contributed by atoms with van der Waals surface area (Å²) >= 11 is 0. The van der Waals surface area contributed by atoms with Gasteiger partial charge in [0, 0.05) is 13.2 Å². The van der Waals surface area contributed by atoms with Gasteiger partial charge in [0.15, 0.2) is 0 Å². The summed E-state index contributed by atoms with van der Waals surface area (Å²) in [6, 6.07) is 0.0709. The summed E-state index contributed by atoms with van der Waals surface area (Å²) in [4.78, 5) is 14.0. The maximum Gasteiger partial charge on any atom is 0.234 e. The van der Waals surface area contributed by atoms with E-state index >= 15 is 0 Å². The first-order valence-corrected chi connectivity index (χ1v) is 6.70. The number of carbonyl (C=O) groups excluding carboxylic acids is 1. The van der Waals surface area contributed by atoms with E-state index in [9.17, 15) is 4.79 Å². The first-order chi connectivity index (χ1) is 8.49. The zero-order chi connectivity index (χ0) is 13.6. The molecule has 1 atom stereocenters. The van der Waals surface area contributed by atoms with Crippen LogP contribution in [0, 0.1) is 5.41 Å². The Labute approximate surface area is 110 Å². The number of rotatable bonds is 6. The quantitative estimate of drug-likeness (QED) is 0.713. The van der Waals surface area contributed by atoms with Gasteiger partial charge in [0.05, 0.1) is 13.2 Å². The molecule has 1 saturated heterocycles. The lowest BCUT2D eigenvalue weighted by atomic mass is 9.80. The fourth-order valence-corrected chi connectivity index (χ4v) is 2.27. The number of nitrogens with zero attached hydrogens (tertiary/aromatic N) is 1. The van der Waals surface area contributed by atoms with E-state index in [1.54, 1.807) is 7.11 Å². The molecule has 3 N–H and O–H groups in total. The summed E-state index contributed by atoms with van der Waals surface area (Å²) in [6.45, 7) is 7.86. The van der Waals surface area contributed by atoms with E-state index in [1.165, 1.54) is 0 Å². The number of carbonyl (C=O) groups is 1. The summed E-state index contributed by atoms with van der Waals surface area (Å²) < 4.78 is 4.99. The van der Waals surface area contributed by atoms with Crippen molar-refractivity contribution >= 4 is 5.91 Å². The third kappa shape index (κ3) is 4.92. The Balaban J connectivity index is 2.26. The standard InChI is InChI=1S/C13H27N3O2/c1-11(9-18-3)15-12(17)8-16-6-4-13(2,10-14)5-7-16/h11H,4-10,14H2,1-3H3,(H,15,17). The summed E-state index contributed by atoms with van der Waals surface area (Å²) in [5, 5.41) is 2.93. The van der Waals surface area contributed by atoms with Crippen LogP contribution in [-0.2, 0) is 9.53 Å². The van der Waals surface area contributed by atoms with Gasteiger partial charge in [-0.25, -0.2) is 0 Å². The van der Waals surface area contributed by atoms with Crippen LogP contribution >= 0.6 is 0 Å². The van der Waals surface area contributed by atoms with Gasteiger partial charge in [-0.15, -0.1) is 0 Å². The Morgan fingerprint density at radius 3 is 2.61 bits per heavy atom. The number of likely N-dealkylation sites (tertiary alicyclic amines) is 1. The lowest BCUT2D eigenvalue weighted by Gasteiger charge is -2.38. The number of amides is 1. The normalized spacial score (nSPS) is 21.6. The molecule has 1 heterocycles. The average Bonchev–Trinajstić information content (AvgIpc) is 2.32. The molecule has 0 radical (unpaired) electrons. The van der Waals surface area contributed by atoms with Crippen LogP contribution in [0.3, 0.4) is 0 Å². The van der Waals surface area contributed by atoms with E-state index in [1.807, 2.05) is 6.92 Å². The minimum absolute atomic E-state index is 0.0709. The molecule has 1 aliphatic rings. The second-order valence-electron chi connectivity index (χ2n) is 5.71. The molecule has 5 heteroatoms.